The number of urea groups is 1. The minimum absolute atomic E-state index is 0.218. The highest BCUT2D eigenvalue weighted by Gasteiger charge is 2.38. The summed E-state index contributed by atoms with van der Waals surface area (Å²) in [5.41, 5.74) is 6.21. The molecule has 0 saturated carbocycles. The minimum atomic E-state index is -1.73. The highest BCUT2D eigenvalue weighted by Crippen LogP contribution is 2.37. The molecule has 1 aromatic rings. The summed E-state index contributed by atoms with van der Waals surface area (Å²) in [5.74, 6) is 0.156. The van der Waals surface area contributed by atoms with Gasteiger partial charge in [-0.1, -0.05) is 26.8 Å². The van der Waals surface area contributed by atoms with Crippen LogP contribution in [0.2, 0.25) is 18.1 Å². The van der Waals surface area contributed by atoms with Gasteiger partial charge in [-0.05, 0) is 42.8 Å². The summed E-state index contributed by atoms with van der Waals surface area (Å²) in [5, 5.41) is 2.60. The van der Waals surface area contributed by atoms with Gasteiger partial charge in [0.2, 0.25) is 0 Å². The first kappa shape index (κ1) is 22.2. The van der Waals surface area contributed by atoms with Gasteiger partial charge in [0, 0.05) is 43.9 Å². The third-order valence-corrected chi connectivity index (χ3v) is 10.3. The van der Waals surface area contributed by atoms with Crippen LogP contribution in [0.15, 0.2) is 24.3 Å². The molecule has 0 spiro atoms. The van der Waals surface area contributed by atoms with E-state index in [0.29, 0.717) is 11.5 Å². The van der Waals surface area contributed by atoms with E-state index < -0.39 is 14.3 Å². The van der Waals surface area contributed by atoms with Gasteiger partial charge in [0.05, 0.1) is 0 Å². The van der Waals surface area contributed by atoms with E-state index in [2.05, 4.69) is 54.9 Å². The molecule has 7 nitrogen and oxygen atoms in total. The van der Waals surface area contributed by atoms with Crippen LogP contribution in [0.4, 0.5) is 10.5 Å². The zero-order valence-electron chi connectivity index (χ0n) is 17.9. The van der Waals surface area contributed by atoms with Crippen molar-refractivity contribution in [1.29, 1.82) is 0 Å². The Labute approximate surface area is 169 Å². The molecule has 1 atom stereocenters. The molecule has 3 amide bonds. The molecule has 1 aliphatic heterocycles. The maximum absolute atomic E-state index is 12.2. The highest BCUT2D eigenvalue weighted by molar-refractivity contribution is 6.74. The first-order chi connectivity index (χ1) is 13.0. The molecular weight excluding hydrogens is 372 g/mol. The lowest BCUT2D eigenvalue weighted by Crippen LogP contribution is -2.45. The van der Waals surface area contributed by atoms with E-state index in [4.69, 9.17) is 4.43 Å². The molecule has 1 fully saturated rings. The second kappa shape index (κ2) is 8.96. The third-order valence-electron chi connectivity index (χ3n) is 5.76. The molecular formula is C20H34N4O3Si. The highest BCUT2D eigenvalue weighted by atomic mass is 28.4. The summed E-state index contributed by atoms with van der Waals surface area (Å²) in [6.07, 6.45) is 1.09. The van der Waals surface area contributed by atoms with Crippen LogP contribution in [0.1, 0.15) is 37.6 Å². The van der Waals surface area contributed by atoms with Crippen molar-refractivity contribution in [2.24, 2.45) is 5.92 Å². The van der Waals surface area contributed by atoms with Crippen molar-refractivity contribution in [1.82, 2.24) is 16.2 Å². The van der Waals surface area contributed by atoms with Gasteiger partial charge in [-0.15, -0.1) is 0 Å². The molecule has 1 unspecified atom stereocenters. The van der Waals surface area contributed by atoms with Crippen LogP contribution in [-0.4, -0.2) is 47.0 Å². The number of rotatable bonds is 5. The SMILES string of the molecule is CNC(=O)NNC(=O)c1cccc(N2CCC(CO[Si](C)(C)C(C)(C)C)C2)c1. The average molecular weight is 407 g/mol. The van der Waals surface area contributed by atoms with Gasteiger partial charge in [0.1, 0.15) is 0 Å². The Balaban J connectivity index is 1.93. The summed E-state index contributed by atoms with van der Waals surface area (Å²) in [7, 11) is -0.244. The van der Waals surface area contributed by atoms with E-state index in [9.17, 15) is 9.59 Å². The standard InChI is InChI=1S/C20H34N4O3Si/c1-20(2,3)28(5,6)27-14-15-10-11-24(13-15)17-9-7-8-16(12-17)18(25)22-23-19(26)21-4/h7-9,12,15H,10-11,13-14H2,1-6H3,(H,22,25)(H2,21,23,26). The number of benzene rings is 1. The molecule has 3 N–H and O–H groups in total. The number of hydrazine groups is 1. The fourth-order valence-electron chi connectivity index (χ4n) is 2.84. The van der Waals surface area contributed by atoms with Crippen molar-refractivity contribution in [3.63, 3.8) is 0 Å². The first-order valence-corrected chi connectivity index (χ1v) is 12.7. The van der Waals surface area contributed by atoms with Crippen molar-refractivity contribution in [2.45, 2.75) is 45.3 Å². The Bertz CT molecular complexity index is 703. The van der Waals surface area contributed by atoms with Crippen LogP contribution in [0.25, 0.3) is 0 Å². The van der Waals surface area contributed by atoms with Gasteiger partial charge in [0.25, 0.3) is 5.91 Å². The second-order valence-corrected chi connectivity index (χ2v) is 13.7. The fourth-order valence-corrected chi connectivity index (χ4v) is 3.92. The van der Waals surface area contributed by atoms with Crippen LogP contribution in [-0.2, 0) is 4.43 Å². The molecule has 1 heterocycles. The predicted molar refractivity (Wildman–Crippen MR) is 115 cm³/mol. The predicted octanol–water partition coefficient (Wildman–Crippen LogP) is 3.11. The molecule has 8 heteroatoms. The van der Waals surface area contributed by atoms with Gasteiger partial charge in [-0.2, -0.15) is 0 Å². The van der Waals surface area contributed by atoms with E-state index in [0.717, 1.165) is 31.8 Å². The van der Waals surface area contributed by atoms with E-state index in [1.807, 2.05) is 18.2 Å². The minimum Gasteiger partial charge on any atom is -0.416 e. The lowest BCUT2D eigenvalue weighted by atomic mass is 10.1. The molecule has 0 bridgehead atoms. The number of nitrogens with zero attached hydrogens (tertiary/aromatic N) is 1. The van der Waals surface area contributed by atoms with Gasteiger partial charge < -0.3 is 14.6 Å². The summed E-state index contributed by atoms with van der Waals surface area (Å²) in [6.45, 7) is 14.0. The first-order valence-electron chi connectivity index (χ1n) is 9.80. The summed E-state index contributed by atoms with van der Waals surface area (Å²) >= 11 is 0. The smallest absolute Gasteiger partial charge is 0.333 e. The number of carbonyl (C=O) groups is 2. The zero-order valence-corrected chi connectivity index (χ0v) is 18.9. The van der Waals surface area contributed by atoms with Crippen LogP contribution < -0.4 is 21.1 Å². The van der Waals surface area contributed by atoms with E-state index in [-0.39, 0.29) is 10.9 Å². The molecule has 0 radical (unpaired) electrons. The van der Waals surface area contributed by atoms with Crippen LogP contribution >= 0.6 is 0 Å². The monoisotopic (exact) mass is 406 g/mol. The molecule has 0 aliphatic carbocycles. The third kappa shape index (κ3) is 5.72. The van der Waals surface area contributed by atoms with Crippen LogP contribution in [0.5, 0.6) is 0 Å². The lowest BCUT2D eigenvalue weighted by molar-refractivity contribution is 0.0936. The Morgan fingerprint density at radius 2 is 1.96 bits per heavy atom. The van der Waals surface area contributed by atoms with Crippen molar-refractivity contribution in [3.05, 3.63) is 29.8 Å². The van der Waals surface area contributed by atoms with Gasteiger partial charge >= 0.3 is 6.03 Å². The molecule has 156 valence electrons. The number of hydrogen-bond acceptors (Lipinski definition) is 4. The van der Waals surface area contributed by atoms with E-state index >= 15 is 0 Å². The molecule has 28 heavy (non-hydrogen) atoms. The van der Waals surface area contributed by atoms with Crippen molar-refractivity contribution < 1.29 is 14.0 Å². The number of hydrogen-bond donors (Lipinski definition) is 3. The van der Waals surface area contributed by atoms with Gasteiger partial charge in [0.15, 0.2) is 8.32 Å². The van der Waals surface area contributed by atoms with Gasteiger partial charge in [-0.25, -0.2) is 10.2 Å². The molecule has 0 aromatic heterocycles. The van der Waals surface area contributed by atoms with E-state index in [1.54, 1.807) is 6.07 Å². The Morgan fingerprint density at radius 1 is 1.25 bits per heavy atom. The quantitative estimate of drug-likeness (QED) is 0.518. The second-order valence-electron chi connectivity index (χ2n) is 8.88. The molecule has 1 saturated heterocycles. The Hall–Kier alpha value is -2.06. The number of anilines is 1. The summed E-state index contributed by atoms with van der Waals surface area (Å²) < 4.78 is 6.39. The lowest BCUT2D eigenvalue weighted by Gasteiger charge is -2.37. The Morgan fingerprint density at radius 3 is 2.61 bits per heavy atom. The summed E-state index contributed by atoms with van der Waals surface area (Å²) in [4.78, 5) is 25.7. The number of carbonyl (C=O) groups excluding carboxylic acids is 2. The normalized spacial score (nSPS) is 17.4. The van der Waals surface area contributed by atoms with Crippen LogP contribution in [0, 0.1) is 5.92 Å². The van der Waals surface area contributed by atoms with Crippen molar-refractivity contribution >= 4 is 25.9 Å². The fraction of sp³-hybridized carbons (Fsp3) is 0.600. The molecule has 2 rings (SSSR count). The van der Waals surface area contributed by atoms with Crippen LogP contribution in [0.3, 0.4) is 0 Å². The van der Waals surface area contributed by atoms with Crippen molar-refractivity contribution in [2.75, 3.05) is 31.6 Å². The van der Waals surface area contributed by atoms with Gasteiger partial charge in [-0.3, -0.25) is 10.2 Å². The number of amides is 3. The topological polar surface area (TPSA) is 82.7 Å². The van der Waals surface area contributed by atoms with E-state index in [1.165, 1.54) is 7.05 Å². The largest absolute Gasteiger partial charge is 0.416 e. The molecule has 1 aromatic carbocycles. The average Bonchev–Trinajstić information content (AvgIpc) is 3.12. The van der Waals surface area contributed by atoms with Crippen molar-refractivity contribution in [3.8, 4) is 0 Å². The Kier molecular flexibility index (Phi) is 7.11. The maximum Gasteiger partial charge on any atom is 0.333 e. The number of nitrogens with one attached hydrogen (secondary N) is 3. The summed E-state index contributed by atoms with van der Waals surface area (Å²) in [6, 6.07) is 7.01. The zero-order chi connectivity index (χ0) is 20.9. The molecule has 1 aliphatic rings. The maximum atomic E-state index is 12.2.